The summed E-state index contributed by atoms with van der Waals surface area (Å²) in [7, 11) is 0. The van der Waals surface area contributed by atoms with Crippen LogP contribution in [-0.2, 0) is 6.54 Å². The SMILES string of the molecule is C=C/C=C\c1c(C2CCN(Cc3ccccc3)CC2)noc1C. The van der Waals surface area contributed by atoms with Gasteiger partial charge in [-0.15, -0.1) is 0 Å². The van der Waals surface area contributed by atoms with Crippen LogP contribution >= 0.6 is 0 Å². The van der Waals surface area contributed by atoms with E-state index in [-0.39, 0.29) is 0 Å². The van der Waals surface area contributed by atoms with Crippen LogP contribution in [-0.4, -0.2) is 23.1 Å². The summed E-state index contributed by atoms with van der Waals surface area (Å²) in [5.41, 5.74) is 3.63. The van der Waals surface area contributed by atoms with Gasteiger partial charge in [0.1, 0.15) is 5.76 Å². The number of likely N-dealkylation sites (tertiary alicyclic amines) is 1. The summed E-state index contributed by atoms with van der Waals surface area (Å²) in [6, 6.07) is 10.7. The molecule has 23 heavy (non-hydrogen) atoms. The standard InChI is InChI=1S/C20H24N2O/c1-3-4-10-19-16(2)23-21-20(19)18-11-13-22(14-12-18)15-17-8-6-5-7-9-17/h3-10,18H,1,11-15H2,2H3/b10-4-. The molecule has 0 bridgehead atoms. The number of benzene rings is 1. The summed E-state index contributed by atoms with van der Waals surface area (Å²) < 4.78 is 5.42. The van der Waals surface area contributed by atoms with Gasteiger partial charge in [0.2, 0.25) is 0 Å². The monoisotopic (exact) mass is 308 g/mol. The molecule has 3 heteroatoms. The number of hydrogen-bond acceptors (Lipinski definition) is 3. The Morgan fingerprint density at radius 1 is 1.26 bits per heavy atom. The van der Waals surface area contributed by atoms with Crippen LogP contribution in [0.25, 0.3) is 6.08 Å². The highest BCUT2D eigenvalue weighted by atomic mass is 16.5. The van der Waals surface area contributed by atoms with Gasteiger partial charge in [-0.1, -0.05) is 54.2 Å². The van der Waals surface area contributed by atoms with Gasteiger partial charge < -0.3 is 4.52 Å². The van der Waals surface area contributed by atoms with E-state index in [0.717, 1.165) is 49.5 Å². The molecule has 0 radical (unpaired) electrons. The molecule has 0 N–H and O–H groups in total. The molecule has 3 nitrogen and oxygen atoms in total. The maximum atomic E-state index is 5.42. The molecular weight excluding hydrogens is 284 g/mol. The van der Waals surface area contributed by atoms with Crippen LogP contribution in [0.4, 0.5) is 0 Å². The molecule has 0 amide bonds. The molecule has 0 aliphatic carbocycles. The van der Waals surface area contributed by atoms with Crippen LogP contribution in [0.2, 0.25) is 0 Å². The third-order valence-corrected chi connectivity index (χ3v) is 4.56. The minimum absolute atomic E-state index is 0.490. The molecule has 1 aromatic carbocycles. The van der Waals surface area contributed by atoms with Crippen molar-refractivity contribution < 1.29 is 4.52 Å². The Labute approximate surface area is 138 Å². The van der Waals surface area contributed by atoms with Crippen molar-refractivity contribution in [3.63, 3.8) is 0 Å². The van der Waals surface area contributed by atoms with E-state index in [1.807, 2.05) is 13.0 Å². The quantitative estimate of drug-likeness (QED) is 0.758. The number of aromatic nitrogens is 1. The summed E-state index contributed by atoms with van der Waals surface area (Å²) >= 11 is 0. The molecule has 1 saturated heterocycles. The van der Waals surface area contributed by atoms with Crippen molar-refractivity contribution in [2.45, 2.75) is 32.2 Å². The van der Waals surface area contributed by atoms with E-state index in [4.69, 9.17) is 4.52 Å². The summed E-state index contributed by atoms with van der Waals surface area (Å²) in [6.45, 7) is 8.96. The fourth-order valence-corrected chi connectivity index (χ4v) is 3.26. The topological polar surface area (TPSA) is 29.3 Å². The Hall–Kier alpha value is -2.13. The maximum Gasteiger partial charge on any atom is 0.141 e. The van der Waals surface area contributed by atoms with Gasteiger partial charge in [-0.25, -0.2) is 0 Å². The highest BCUT2D eigenvalue weighted by Crippen LogP contribution is 2.32. The smallest absolute Gasteiger partial charge is 0.141 e. The summed E-state index contributed by atoms with van der Waals surface area (Å²) in [6.07, 6.45) is 8.07. The first-order valence-electron chi connectivity index (χ1n) is 8.29. The number of piperidine rings is 1. The Bertz CT molecular complexity index is 664. The van der Waals surface area contributed by atoms with Gasteiger partial charge in [0.15, 0.2) is 0 Å². The lowest BCUT2D eigenvalue weighted by Crippen LogP contribution is -2.32. The lowest BCUT2D eigenvalue weighted by molar-refractivity contribution is 0.201. The third-order valence-electron chi connectivity index (χ3n) is 4.56. The predicted molar refractivity (Wildman–Crippen MR) is 94.2 cm³/mol. The summed E-state index contributed by atoms with van der Waals surface area (Å²) in [5, 5.41) is 4.32. The molecule has 120 valence electrons. The van der Waals surface area contributed by atoms with Crippen molar-refractivity contribution in [2.75, 3.05) is 13.1 Å². The molecule has 0 saturated carbocycles. The Morgan fingerprint density at radius 3 is 2.70 bits per heavy atom. The van der Waals surface area contributed by atoms with Gasteiger partial charge in [-0.2, -0.15) is 0 Å². The van der Waals surface area contributed by atoms with Crippen molar-refractivity contribution in [2.24, 2.45) is 0 Å². The second-order valence-corrected chi connectivity index (χ2v) is 6.17. The van der Waals surface area contributed by atoms with E-state index < -0.39 is 0 Å². The molecule has 1 aliphatic rings. The molecule has 0 unspecified atom stereocenters. The highest BCUT2D eigenvalue weighted by molar-refractivity contribution is 5.55. The van der Waals surface area contributed by atoms with E-state index in [1.54, 1.807) is 6.08 Å². The molecule has 1 aliphatic heterocycles. The zero-order chi connectivity index (χ0) is 16.1. The van der Waals surface area contributed by atoms with Crippen LogP contribution < -0.4 is 0 Å². The molecule has 0 atom stereocenters. The number of nitrogens with zero attached hydrogens (tertiary/aromatic N) is 2. The first-order valence-corrected chi connectivity index (χ1v) is 8.29. The van der Waals surface area contributed by atoms with Crippen LogP contribution in [0.3, 0.4) is 0 Å². The lowest BCUT2D eigenvalue weighted by Gasteiger charge is -2.31. The number of aryl methyl sites for hydroxylation is 1. The average Bonchev–Trinajstić information content (AvgIpc) is 2.95. The normalized spacial score (nSPS) is 16.9. The van der Waals surface area contributed by atoms with E-state index in [9.17, 15) is 0 Å². The van der Waals surface area contributed by atoms with E-state index in [2.05, 4.69) is 53.0 Å². The number of hydrogen-bond donors (Lipinski definition) is 0. The predicted octanol–water partition coefficient (Wildman–Crippen LogP) is 4.56. The molecule has 2 aromatic rings. The van der Waals surface area contributed by atoms with E-state index >= 15 is 0 Å². The zero-order valence-corrected chi connectivity index (χ0v) is 13.7. The van der Waals surface area contributed by atoms with Crippen molar-refractivity contribution >= 4 is 6.08 Å². The Kier molecular flexibility index (Phi) is 5.09. The first-order chi connectivity index (χ1) is 11.3. The van der Waals surface area contributed by atoms with Crippen molar-refractivity contribution in [3.8, 4) is 0 Å². The van der Waals surface area contributed by atoms with Crippen LogP contribution in [0.1, 0.15) is 41.3 Å². The fourth-order valence-electron chi connectivity index (χ4n) is 3.26. The number of rotatable bonds is 5. The van der Waals surface area contributed by atoms with Gasteiger partial charge >= 0.3 is 0 Å². The molecule has 1 aromatic heterocycles. The average molecular weight is 308 g/mol. The lowest BCUT2D eigenvalue weighted by atomic mass is 9.90. The van der Waals surface area contributed by atoms with E-state index in [0.29, 0.717) is 5.92 Å². The van der Waals surface area contributed by atoms with Gasteiger partial charge in [0.25, 0.3) is 0 Å². The largest absolute Gasteiger partial charge is 0.361 e. The Morgan fingerprint density at radius 2 is 2.00 bits per heavy atom. The Balaban J connectivity index is 1.63. The minimum atomic E-state index is 0.490. The molecular formula is C20H24N2O. The van der Waals surface area contributed by atoms with Gasteiger partial charge in [-0.05, 0) is 44.5 Å². The van der Waals surface area contributed by atoms with Crippen LogP contribution in [0.5, 0.6) is 0 Å². The van der Waals surface area contributed by atoms with E-state index in [1.165, 1.54) is 5.56 Å². The highest BCUT2D eigenvalue weighted by Gasteiger charge is 2.25. The minimum Gasteiger partial charge on any atom is -0.361 e. The molecule has 1 fully saturated rings. The van der Waals surface area contributed by atoms with Gasteiger partial charge in [-0.3, -0.25) is 4.90 Å². The van der Waals surface area contributed by atoms with Crippen molar-refractivity contribution in [1.29, 1.82) is 0 Å². The van der Waals surface area contributed by atoms with Gasteiger partial charge in [0.05, 0.1) is 5.69 Å². The molecule has 3 rings (SSSR count). The van der Waals surface area contributed by atoms with Crippen molar-refractivity contribution in [1.82, 2.24) is 10.1 Å². The second kappa shape index (κ2) is 7.42. The summed E-state index contributed by atoms with van der Waals surface area (Å²) in [5.74, 6) is 1.38. The van der Waals surface area contributed by atoms with Gasteiger partial charge in [0, 0.05) is 18.0 Å². The third kappa shape index (κ3) is 3.80. The van der Waals surface area contributed by atoms with Crippen LogP contribution in [0, 0.1) is 6.92 Å². The summed E-state index contributed by atoms with van der Waals surface area (Å²) in [4.78, 5) is 2.53. The second-order valence-electron chi connectivity index (χ2n) is 6.17. The molecule has 2 heterocycles. The van der Waals surface area contributed by atoms with Crippen molar-refractivity contribution in [3.05, 3.63) is 71.6 Å². The molecule has 0 spiro atoms. The number of allylic oxidation sites excluding steroid dienone is 2. The fraction of sp³-hybridized carbons (Fsp3) is 0.350. The zero-order valence-electron chi connectivity index (χ0n) is 13.7. The van der Waals surface area contributed by atoms with Crippen LogP contribution in [0.15, 0.2) is 53.6 Å². The maximum absolute atomic E-state index is 5.42. The first kappa shape index (κ1) is 15.8.